The van der Waals surface area contributed by atoms with Crippen LogP contribution in [0.15, 0.2) is 91.0 Å². The first kappa shape index (κ1) is 44.4. The largest absolute Gasteiger partial charge is 0.481 e. The molecule has 16 nitrogen and oxygen atoms in total. The number of carbonyl (C=O) groups is 6. The summed E-state index contributed by atoms with van der Waals surface area (Å²) in [7, 11) is 0. The molecule has 3 aromatic carbocycles. The lowest BCUT2D eigenvalue weighted by atomic mass is 10.0. The summed E-state index contributed by atoms with van der Waals surface area (Å²) in [6.45, 7) is 11.0. The molecule has 0 saturated carbocycles. The molecule has 58 heavy (non-hydrogen) atoms. The third-order valence-electron chi connectivity index (χ3n) is 8.67. The van der Waals surface area contributed by atoms with E-state index < -0.39 is 65.5 Å². The molecule has 2 aliphatic heterocycles. The molecule has 16 heteroatoms. The molecule has 5 amide bonds. The standard InChI is InChI=1S/C24H29N3O5.C18H24N2O6/c1-24(2,3)32-23(30)27-14-19(21(28)25-18-12-8-5-9-13-18)20(15-27)26-22(29)31-16-17-10-6-4-7-11-17;1-18(2,3)26-17(24)20-9-13(15(21)22)14(10-20)19-16(23)25-11-12-7-5-4-6-8-12/h4-13,19-20H,14-16H2,1-3H3,(H,25,28)(H,26,29);4-8,13-14H,9-11H2,1-3H3,(H,19,23)(H,21,22)/t19-,20-;13-,14-/m11/s1. The highest BCUT2D eigenvalue weighted by Gasteiger charge is 2.43. The minimum atomic E-state index is -1.09. The number of carboxylic acid groups (broad SMARTS) is 1. The number of amides is 5. The summed E-state index contributed by atoms with van der Waals surface area (Å²) in [4.78, 5) is 76.2. The molecular formula is C42H53N5O11. The highest BCUT2D eigenvalue weighted by molar-refractivity contribution is 5.94. The van der Waals surface area contributed by atoms with Crippen LogP contribution >= 0.6 is 0 Å². The molecule has 2 heterocycles. The highest BCUT2D eigenvalue weighted by atomic mass is 16.6. The number of hydrogen-bond donors (Lipinski definition) is 4. The number of alkyl carbamates (subject to hydrolysis) is 2. The van der Waals surface area contributed by atoms with E-state index >= 15 is 0 Å². The fourth-order valence-electron chi connectivity index (χ4n) is 5.96. The molecule has 5 rings (SSSR count). The number of rotatable bonds is 9. The molecule has 4 atom stereocenters. The second kappa shape index (κ2) is 20.2. The first-order valence-electron chi connectivity index (χ1n) is 18.9. The van der Waals surface area contributed by atoms with Gasteiger partial charge < -0.3 is 49.8 Å². The molecule has 0 aromatic heterocycles. The number of nitrogens with one attached hydrogen (secondary N) is 3. The lowest BCUT2D eigenvalue weighted by Gasteiger charge is -2.24. The van der Waals surface area contributed by atoms with E-state index in [1.165, 1.54) is 9.80 Å². The zero-order valence-electron chi connectivity index (χ0n) is 33.6. The van der Waals surface area contributed by atoms with Crippen molar-refractivity contribution in [2.24, 2.45) is 11.8 Å². The van der Waals surface area contributed by atoms with Crippen molar-refractivity contribution in [3.05, 3.63) is 102 Å². The van der Waals surface area contributed by atoms with E-state index in [-0.39, 0.29) is 45.3 Å². The van der Waals surface area contributed by atoms with Crippen LogP contribution in [0.3, 0.4) is 0 Å². The maximum atomic E-state index is 13.0. The Morgan fingerprint density at radius 3 is 1.36 bits per heavy atom. The van der Waals surface area contributed by atoms with Gasteiger partial charge in [0.25, 0.3) is 0 Å². The molecule has 0 radical (unpaired) electrons. The zero-order chi connectivity index (χ0) is 42.5. The van der Waals surface area contributed by atoms with Crippen molar-refractivity contribution in [1.82, 2.24) is 20.4 Å². The molecule has 0 aliphatic carbocycles. The van der Waals surface area contributed by atoms with Gasteiger partial charge in [-0.2, -0.15) is 0 Å². The van der Waals surface area contributed by atoms with Crippen LogP contribution in [0.2, 0.25) is 0 Å². The Morgan fingerprint density at radius 2 is 0.966 bits per heavy atom. The number of carboxylic acids is 1. The second-order valence-electron chi connectivity index (χ2n) is 15.8. The summed E-state index contributed by atoms with van der Waals surface area (Å²) < 4.78 is 21.1. The number of benzene rings is 3. The Morgan fingerprint density at radius 1 is 0.586 bits per heavy atom. The summed E-state index contributed by atoms with van der Waals surface area (Å²) in [6.07, 6.45) is -2.51. The van der Waals surface area contributed by atoms with Crippen molar-refractivity contribution < 1.29 is 52.8 Å². The van der Waals surface area contributed by atoms with E-state index in [1.54, 1.807) is 53.7 Å². The van der Waals surface area contributed by atoms with Gasteiger partial charge in [-0.25, -0.2) is 19.2 Å². The fraction of sp³-hybridized carbons (Fsp3) is 0.429. The molecule has 4 N–H and O–H groups in total. The monoisotopic (exact) mass is 803 g/mol. The van der Waals surface area contributed by atoms with Gasteiger partial charge in [-0.15, -0.1) is 0 Å². The lowest BCUT2D eigenvalue weighted by Crippen LogP contribution is -2.44. The minimum Gasteiger partial charge on any atom is -0.481 e. The van der Waals surface area contributed by atoms with Crippen LogP contribution in [0.1, 0.15) is 52.7 Å². The van der Waals surface area contributed by atoms with Crippen molar-refractivity contribution in [1.29, 1.82) is 0 Å². The highest BCUT2D eigenvalue weighted by Crippen LogP contribution is 2.23. The first-order chi connectivity index (χ1) is 27.4. The van der Waals surface area contributed by atoms with Crippen LogP contribution in [-0.2, 0) is 41.8 Å². The Bertz CT molecular complexity index is 1850. The number of para-hydroxylation sites is 1. The molecular weight excluding hydrogens is 750 g/mol. The summed E-state index contributed by atoms with van der Waals surface area (Å²) in [5.74, 6) is -2.97. The number of ether oxygens (including phenoxy) is 4. The molecule has 0 spiro atoms. The fourth-order valence-corrected chi connectivity index (χ4v) is 5.96. The summed E-state index contributed by atoms with van der Waals surface area (Å²) in [5.41, 5.74) is 0.954. The Kier molecular flexibility index (Phi) is 15.5. The van der Waals surface area contributed by atoms with E-state index in [2.05, 4.69) is 16.0 Å². The predicted octanol–water partition coefficient (Wildman–Crippen LogP) is 6.02. The van der Waals surface area contributed by atoms with E-state index in [4.69, 9.17) is 18.9 Å². The van der Waals surface area contributed by atoms with Crippen LogP contribution in [0, 0.1) is 11.8 Å². The summed E-state index contributed by atoms with van der Waals surface area (Å²) in [6, 6.07) is 26.1. The second-order valence-corrected chi connectivity index (χ2v) is 15.8. The van der Waals surface area contributed by atoms with Gasteiger partial charge in [0.1, 0.15) is 24.4 Å². The van der Waals surface area contributed by atoms with Crippen molar-refractivity contribution in [2.75, 3.05) is 31.5 Å². The van der Waals surface area contributed by atoms with Gasteiger partial charge in [0, 0.05) is 31.9 Å². The van der Waals surface area contributed by atoms with Gasteiger partial charge in [-0.05, 0) is 64.8 Å². The molecule has 3 aromatic rings. The molecule has 2 fully saturated rings. The van der Waals surface area contributed by atoms with E-state index in [0.717, 1.165) is 11.1 Å². The average Bonchev–Trinajstić information content (AvgIpc) is 3.79. The average molecular weight is 804 g/mol. The molecule has 312 valence electrons. The number of nitrogens with zero attached hydrogens (tertiary/aromatic N) is 2. The van der Waals surface area contributed by atoms with Crippen molar-refractivity contribution in [3.63, 3.8) is 0 Å². The third-order valence-corrected chi connectivity index (χ3v) is 8.67. The van der Waals surface area contributed by atoms with Crippen molar-refractivity contribution in [3.8, 4) is 0 Å². The predicted molar refractivity (Wildman–Crippen MR) is 212 cm³/mol. The van der Waals surface area contributed by atoms with Crippen LogP contribution in [-0.4, -0.2) is 101 Å². The van der Waals surface area contributed by atoms with E-state index in [9.17, 15) is 33.9 Å². The topological polar surface area (TPSA) is 202 Å². The Labute approximate surface area is 338 Å². The number of anilines is 1. The number of likely N-dealkylation sites (tertiary alicyclic amines) is 2. The van der Waals surface area contributed by atoms with Gasteiger partial charge >= 0.3 is 30.3 Å². The molecule has 2 saturated heterocycles. The third kappa shape index (κ3) is 14.6. The van der Waals surface area contributed by atoms with Gasteiger partial charge in [0.15, 0.2) is 0 Å². The van der Waals surface area contributed by atoms with Gasteiger partial charge in [0.05, 0.1) is 23.9 Å². The quantitative estimate of drug-likeness (QED) is 0.184. The number of hydrogen-bond acceptors (Lipinski definition) is 10. The maximum Gasteiger partial charge on any atom is 0.410 e. The van der Waals surface area contributed by atoms with Gasteiger partial charge in [-0.3, -0.25) is 9.59 Å². The van der Waals surface area contributed by atoms with Crippen LogP contribution in [0.5, 0.6) is 0 Å². The number of carbonyl (C=O) groups excluding carboxylic acids is 5. The molecule has 0 unspecified atom stereocenters. The minimum absolute atomic E-state index is 0.0339. The van der Waals surface area contributed by atoms with E-state index in [1.807, 2.05) is 78.9 Å². The number of aliphatic carboxylic acids is 1. The molecule has 0 bridgehead atoms. The maximum absolute atomic E-state index is 13.0. The van der Waals surface area contributed by atoms with Crippen molar-refractivity contribution in [2.45, 2.75) is 78.0 Å². The normalized spacial score (nSPS) is 18.8. The van der Waals surface area contributed by atoms with Gasteiger partial charge in [-0.1, -0.05) is 78.9 Å². The lowest BCUT2D eigenvalue weighted by molar-refractivity contribution is -0.141. The van der Waals surface area contributed by atoms with Crippen LogP contribution < -0.4 is 16.0 Å². The Hall–Kier alpha value is -6.32. The van der Waals surface area contributed by atoms with Crippen LogP contribution in [0.25, 0.3) is 0 Å². The van der Waals surface area contributed by atoms with Crippen LogP contribution in [0.4, 0.5) is 24.9 Å². The Balaban J connectivity index is 0.000000262. The SMILES string of the molecule is CC(C)(C)OC(=O)N1C[C@@H](NC(=O)OCc2ccccc2)[C@H](C(=O)Nc2ccccc2)C1.CC(C)(C)OC(=O)N1C[C@@H](NC(=O)OCc2ccccc2)[C@H](C(=O)O)C1. The molecule has 2 aliphatic rings. The van der Waals surface area contributed by atoms with Crippen molar-refractivity contribution >= 4 is 41.9 Å². The smallest absolute Gasteiger partial charge is 0.410 e. The van der Waals surface area contributed by atoms with Gasteiger partial charge in [0.2, 0.25) is 5.91 Å². The summed E-state index contributed by atoms with van der Waals surface area (Å²) in [5, 5.41) is 17.5. The van der Waals surface area contributed by atoms with E-state index in [0.29, 0.717) is 5.69 Å². The first-order valence-corrected chi connectivity index (χ1v) is 18.9. The zero-order valence-corrected chi connectivity index (χ0v) is 33.6. The summed E-state index contributed by atoms with van der Waals surface area (Å²) >= 11 is 0.